The fourth-order valence-electron chi connectivity index (χ4n) is 3.52. The maximum Gasteiger partial charge on any atom is 0.258 e. The van der Waals surface area contributed by atoms with Crippen molar-refractivity contribution in [1.82, 2.24) is 9.97 Å². The Morgan fingerprint density at radius 2 is 1.71 bits per heavy atom. The second-order valence-corrected chi connectivity index (χ2v) is 9.24. The van der Waals surface area contributed by atoms with Crippen molar-refractivity contribution in [2.75, 3.05) is 19.5 Å². The Hall–Kier alpha value is -3.59. The summed E-state index contributed by atoms with van der Waals surface area (Å²) < 4.78 is 17.8. The van der Waals surface area contributed by atoms with E-state index < -0.39 is 0 Å². The lowest BCUT2D eigenvalue weighted by molar-refractivity contribution is 0.102. The molecule has 1 amide bonds. The van der Waals surface area contributed by atoms with Crippen LogP contribution in [0.4, 0.5) is 5.13 Å². The van der Waals surface area contributed by atoms with E-state index in [1.54, 1.807) is 44.7 Å². The van der Waals surface area contributed by atoms with Crippen LogP contribution >= 0.6 is 34.5 Å². The van der Waals surface area contributed by atoms with Crippen LogP contribution in [0.5, 0.6) is 23.0 Å². The van der Waals surface area contributed by atoms with Gasteiger partial charge in [-0.05, 0) is 42.5 Å². The molecule has 0 bridgehead atoms. The first-order valence-corrected chi connectivity index (χ1v) is 11.9. The van der Waals surface area contributed by atoms with Gasteiger partial charge in [0, 0.05) is 28.7 Å². The number of hydrogen-bond acceptors (Lipinski definition) is 7. The van der Waals surface area contributed by atoms with Crippen LogP contribution in [-0.4, -0.2) is 30.1 Å². The summed E-state index contributed by atoms with van der Waals surface area (Å²) in [5.41, 5.74) is 1.76. The molecule has 0 saturated heterocycles. The Kier molecular flexibility index (Phi) is 6.34. The molecule has 0 aliphatic carbocycles. The van der Waals surface area contributed by atoms with Crippen molar-refractivity contribution in [1.29, 1.82) is 0 Å². The van der Waals surface area contributed by atoms with Crippen molar-refractivity contribution in [2.45, 2.75) is 0 Å². The Labute approximate surface area is 214 Å². The van der Waals surface area contributed by atoms with Crippen molar-refractivity contribution < 1.29 is 19.0 Å². The number of rotatable bonds is 6. The van der Waals surface area contributed by atoms with Crippen LogP contribution in [0.3, 0.4) is 0 Å². The van der Waals surface area contributed by atoms with Crippen molar-refractivity contribution in [3.05, 3.63) is 76.4 Å². The minimum atomic E-state index is -0.366. The predicted molar refractivity (Wildman–Crippen MR) is 139 cm³/mol. The number of halogens is 2. The zero-order chi connectivity index (χ0) is 24.5. The molecule has 0 aliphatic heterocycles. The van der Waals surface area contributed by atoms with Crippen molar-refractivity contribution in [2.24, 2.45) is 0 Å². The van der Waals surface area contributed by atoms with Gasteiger partial charge in [0.05, 0.1) is 40.5 Å². The molecule has 0 spiro atoms. The van der Waals surface area contributed by atoms with E-state index in [1.165, 1.54) is 17.4 Å². The van der Waals surface area contributed by atoms with E-state index in [4.69, 9.17) is 37.4 Å². The number of pyridine rings is 1. The monoisotopic (exact) mass is 525 g/mol. The maximum absolute atomic E-state index is 12.6. The third-order valence-electron chi connectivity index (χ3n) is 5.19. The molecule has 2 aromatic heterocycles. The van der Waals surface area contributed by atoms with Gasteiger partial charge in [0.15, 0.2) is 16.6 Å². The van der Waals surface area contributed by atoms with Crippen LogP contribution in [0.25, 0.3) is 21.1 Å². The molecular formula is C25H17Cl2N3O4S. The second-order valence-electron chi connectivity index (χ2n) is 7.36. The number of ether oxygens (including phenoxy) is 3. The van der Waals surface area contributed by atoms with Crippen LogP contribution in [-0.2, 0) is 0 Å². The molecule has 5 aromatic rings. The van der Waals surface area contributed by atoms with Crippen molar-refractivity contribution in [3.63, 3.8) is 0 Å². The number of nitrogens with one attached hydrogen (secondary N) is 1. The molecule has 5 rings (SSSR count). The summed E-state index contributed by atoms with van der Waals surface area (Å²) in [5.74, 6) is 2.03. The first-order valence-electron chi connectivity index (χ1n) is 10.3. The first-order chi connectivity index (χ1) is 16.9. The number of carbonyl (C=O) groups excluding carboxylic acids is 1. The van der Waals surface area contributed by atoms with E-state index in [-0.39, 0.29) is 10.9 Å². The lowest BCUT2D eigenvalue weighted by atomic mass is 10.2. The van der Waals surface area contributed by atoms with Gasteiger partial charge in [0.1, 0.15) is 11.5 Å². The molecule has 0 fully saturated rings. The average molecular weight is 526 g/mol. The minimum absolute atomic E-state index is 0.269. The standard InChI is InChI=1S/C25H17Cl2N3O4S/c1-32-21-11-16-19(12-22(21)33-2)28-8-7-20(16)34-14-4-6-18-23(10-14)35-25(29-18)30-24(31)15-5-3-13(26)9-17(15)27/h3-12H,1-2H3,(H,29,30,31). The van der Waals surface area contributed by atoms with Crippen LogP contribution in [0.15, 0.2) is 60.8 Å². The van der Waals surface area contributed by atoms with Crippen LogP contribution in [0.1, 0.15) is 10.4 Å². The summed E-state index contributed by atoms with van der Waals surface area (Å²) in [5, 5.41) is 4.74. The van der Waals surface area contributed by atoms with Gasteiger partial charge in [0.2, 0.25) is 0 Å². The van der Waals surface area contributed by atoms with E-state index in [0.717, 1.165) is 15.6 Å². The van der Waals surface area contributed by atoms with Crippen LogP contribution < -0.4 is 19.5 Å². The third-order valence-corrected chi connectivity index (χ3v) is 6.67. The topological polar surface area (TPSA) is 82.6 Å². The molecule has 0 unspecified atom stereocenters. The number of hydrogen-bond donors (Lipinski definition) is 1. The fourth-order valence-corrected chi connectivity index (χ4v) is 4.91. The number of benzene rings is 3. The number of carbonyl (C=O) groups is 1. The lowest BCUT2D eigenvalue weighted by Crippen LogP contribution is -2.12. The Balaban J connectivity index is 1.42. The van der Waals surface area contributed by atoms with E-state index in [2.05, 4.69) is 15.3 Å². The highest BCUT2D eigenvalue weighted by molar-refractivity contribution is 7.22. The molecular weight excluding hydrogens is 509 g/mol. The highest BCUT2D eigenvalue weighted by atomic mass is 35.5. The highest BCUT2D eigenvalue weighted by Gasteiger charge is 2.15. The van der Waals surface area contributed by atoms with E-state index in [9.17, 15) is 4.79 Å². The highest BCUT2D eigenvalue weighted by Crippen LogP contribution is 2.38. The van der Waals surface area contributed by atoms with Gasteiger partial charge in [-0.1, -0.05) is 34.5 Å². The number of aromatic nitrogens is 2. The smallest absolute Gasteiger partial charge is 0.258 e. The van der Waals surface area contributed by atoms with Crippen LogP contribution in [0.2, 0.25) is 10.0 Å². The van der Waals surface area contributed by atoms with Gasteiger partial charge >= 0.3 is 0 Å². The zero-order valence-electron chi connectivity index (χ0n) is 18.5. The molecule has 0 radical (unpaired) electrons. The Morgan fingerprint density at radius 1 is 0.914 bits per heavy atom. The van der Waals surface area contributed by atoms with Crippen LogP contribution in [0, 0.1) is 0 Å². The van der Waals surface area contributed by atoms with Crippen molar-refractivity contribution in [3.8, 4) is 23.0 Å². The second kappa shape index (κ2) is 9.58. The maximum atomic E-state index is 12.6. The first kappa shape index (κ1) is 23.2. The van der Waals surface area contributed by atoms with Gasteiger partial charge < -0.3 is 14.2 Å². The summed E-state index contributed by atoms with van der Waals surface area (Å²) in [7, 11) is 3.16. The summed E-state index contributed by atoms with van der Waals surface area (Å²) in [4.78, 5) is 21.5. The Morgan fingerprint density at radius 3 is 2.49 bits per heavy atom. The van der Waals surface area contributed by atoms with E-state index in [1.807, 2.05) is 24.3 Å². The molecule has 3 aromatic carbocycles. The molecule has 2 heterocycles. The van der Waals surface area contributed by atoms with E-state index >= 15 is 0 Å². The molecule has 1 N–H and O–H groups in total. The summed E-state index contributed by atoms with van der Waals surface area (Å²) in [6.07, 6.45) is 1.67. The quantitative estimate of drug-likeness (QED) is 0.252. The summed E-state index contributed by atoms with van der Waals surface area (Å²) in [6, 6.07) is 15.6. The largest absolute Gasteiger partial charge is 0.493 e. The molecule has 0 atom stereocenters. The number of nitrogens with zero attached hydrogens (tertiary/aromatic N) is 2. The molecule has 10 heteroatoms. The predicted octanol–water partition coefficient (Wildman–Crippen LogP) is 7.21. The SMILES string of the molecule is COc1cc2nccc(Oc3ccc4nc(NC(=O)c5ccc(Cl)cc5Cl)sc4c3)c2cc1OC. The minimum Gasteiger partial charge on any atom is -0.493 e. The average Bonchev–Trinajstić information content (AvgIpc) is 3.24. The summed E-state index contributed by atoms with van der Waals surface area (Å²) >= 11 is 13.4. The molecule has 0 saturated carbocycles. The number of thiazole rings is 1. The summed E-state index contributed by atoms with van der Waals surface area (Å²) in [6.45, 7) is 0. The van der Waals surface area contributed by atoms with Crippen molar-refractivity contribution >= 4 is 66.7 Å². The number of amides is 1. The number of fused-ring (bicyclic) bond motifs is 2. The van der Waals surface area contributed by atoms with Gasteiger partial charge in [0.25, 0.3) is 5.91 Å². The third kappa shape index (κ3) is 4.68. The van der Waals surface area contributed by atoms with Gasteiger partial charge in [-0.2, -0.15) is 0 Å². The molecule has 7 nitrogen and oxygen atoms in total. The number of methoxy groups -OCH3 is 2. The lowest BCUT2D eigenvalue weighted by Gasteiger charge is -2.12. The van der Waals surface area contributed by atoms with Gasteiger partial charge in [-0.3, -0.25) is 15.1 Å². The molecule has 35 heavy (non-hydrogen) atoms. The zero-order valence-corrected chi connectivity index (χ0v) is 20.8. The fraction of sp³-hybridized carbons (Fsp3) is 0.0800. The Bertz CT molecular complexity index is 1590. The molecule has 176 valence electrons. The number of anilines is 1. The van der Waals surface area contributed by atoms with Gasteiger partial charge in [-0.15, -0.1) is 0 Å². The molecule has 0 aliphatic rings. The normalized spacial score (nSPS) is 11.0. The van der Waals surface area contributed by atoms with Gasteiger partial charge in [-0.25, -0.2) is 4.98 Å². The van der Waals surface area contributed by atoms with E-state index in [0.29, 0.717) is 44.2 Å².